The van der Waals surface area contributed by atoms with E-state index in [1.165, 1.54) is 5.57 Å². The largest absolute Gasteiger partial charge is 0.377 e. The number of Topliss-reactive ketones (excluding diaryl/α,β-unsaturated/α-hetero) is 1. The molecule has 0 N–H and O–H groups in total. The highest BCUT2D eigenvalue weighted by molar-refractivity contribution is 5.78. The number of ether oxygens (including phenoxy) is 1. The van der Waals surface area contributed by atoms with Gasteiger partial charge in [-0.05, 0) is 44.4 Å². The highest BCUT2D eigenvalue weighted by atomic mass is 16.5. The van der Waals surface area contributed by atoms with Gasteiger partial charge in [-0.1, -0.05) is 37.6 Å². The molecule has 0 saturated carbocycles. The second kappa shape index (κ2) is 9.12. The van der Waals surface area contributed by atoms with E-state index < -0.39 is 0 Å². The monoisotopic (exact) mass is 278 g/mol. The molecular weight excluding hydrogens is 248 g/mol. The molecule has 0 heterocycles. The van der Waals surface area contributed by atoms with Gasteiger partial charge < -0.3 is 4.74 Å². The van der Waals surface area contributed by atoms with Crippen LogP contribution in [0.3, 0.4) is 0 Å². The molecule has 0 amide bonds. The predicted molar refractivity (Wildman–Crippen MR) is 84.7 cm³/mol. The smallest absolute Gasteiger partial charge is 0.133 e. The molecule has 0 unspecified atom stereocenters. The molecular formula is C18H30O2. The van der Waals surface area contributed by atoms with Crippen molar-refractivity contribution in [3.63, 3.8) is 0 Å². The van der Waals surface area contributed by atoms with Crippen LogP contribution in [0.5, 0.6) is 0 Å². The Morgan fingerprint density at radius 3 is 2.60 bits per heavy atom. The van der Waals surface area contributed by atoms with Crippen LogP contribution < -0.4 is 0 Å². The van der Waals surface area contributed by atoms with Crippen LogP contribution in [0.4, 0.5) is 0 Å². The lowest BCUT2D eigenvalue weighted by atomic mass is 9.87. The Hall–Kier alpha value is -0.890. The Labute approximate surface area is 124 Å². The van der Waals surface area contributed by atoms with Crippen LogP contribution in [-0.4, -0.2) is 19.0 Å². The van der Waals surface area contributed by atoms with Gasteiger partial charge in [-0.15, -0.1) is 0 Å². The Balaban J connectivity index is 2.78. The quantitative estimate of drug-likeness (QED) is 0.650. The Morgan fingerprint density at radius 1 is 1.15 bits per heavy atom. The van der Waals surface area contributed by atoms with Crippen molar-refractivity contribution in [1.82, 2.24) is 0 Å². The molecule has 0 aromatic carbocycles. The highest BCUT2D eigenvalue weighted by Crippen LogP contribution is 2.23. The normalized spacial score (nSPS) is 34.9. The van der Waals surface area contributed by atoms with Gasteiger partial charge >= 0.3 is 0 Å². The Bertz CT molecular complexity index is 354. The van der Waals surface area contributed by atoms with Crippen molar-refractivity contribution < 1.29 is 9.53 Å². The lowest BCUT2D eigenvalue weighted by Gasteiger charge is -2.24. The highest BCUT2D eigenvalue weighted by Gasteiger charge is 2.19. The summed E-state index contributed by atoms with van der Waals surface area (Å²) < 4.78 is 5.62. The predicted octanol–water partition coefficient (Wildman–Crippen LogP) is 4.70. The number of rotatable bonds is 1. The summed E-state index contributed by atoms with van der Waals surface area (Å²) in [6, 6.07) is 0. The van der Waals surface area contributed by atoms with Gasteiger partial charge in [-0.3, -0.25) is 4.79 Å². The zero-order chi connectivity index (χ0) is 15.0. The molecule has 114 valence electrons. The van der Waals surface area contributed by atoms with Gasteiger partial charge in [0.05, 0.1) is 6.10 Å². The van der Waals surface area contributed by atoms with Crippen LogP contribution in [0.25, 0.3) is 0 Å². The zero-order valence-electron chi connectivity index (χ0n) is 13.5. The lowest BCUT2D eigenvalue weighted by molar-refractivity contribution is -0.119. The van der Waals surface area contributed by atoms with Crippen molar-refractivity contribution in [2.24, 2.45) is 11.8 Å². The molecule has 0 aromatic heterocycles. The van der Waals surface area contributed by atoms with E-state index in [0.29, 0.717) is 24.0 Å². The summed E-state index contributed by atoms with van der Waals surface area (Å²) in [6.45, 7) is 6.62. The molecule has 2 nitrogen and oxygen atoms in total. The number of carbonyl (C=O) groups is 1. The molecule has 0 spiro atoms. The van der Waals surface area contributed by atoms with Crippen LogP contribution in [0.1, 0.15) is 59.3 Å². The van der Waals surface area contributed by atoms with E-state index in [4.69, 9.17) is 4.74 Å². The number of allylic oxidation sites excluding steroid dienone is 3. The molecule has 0 fully saturated rings. The Morgan fingerprint density at radius 2 is 1.90 bits per heavy atom. The van der Waals surface area contributed by atoms with Crippen LogP contribution in [0.2, 0.25) is 0 Å². The van der Waals surface area contributed by atoms with Gasteiger partial charge in [0.15, 0.2) is 0 Å². The van der Waals surface area contributed by atoms with Gasteiger partial charge in [0.25, 0.3) is 0 Å². The number of methoxy groups -OCH3 is 1. The van der Waals surface area contributed by atoms with Gasteiger partial charge in [-0.25, -0.2) is 0 Å². The summed E-state index contributed by atoms with van der Waals surface area (Å²) in [4.78, 5) is 11.8. The molecule has 0 saturated heterocycles. The van der Waals surface area contributed by atoms with E-state index in [0.717, 1.165) is 32.1 Å². The third-order valence-electron chi connectivity index (χ3n) is 4.37. The fourth-order valence-electron chi connectivity index (χ4n) is 2.73. The maximum absolute atomic E-state index is 11.8. The fourth-order valence-corrected chi connectivity index (χ4v) is 2.73. The minimum Gasteiger partial charge on any atom is -0.377 e. The molecule has 2 heteroatoms. The second-order valence-corrected chi connectivity index (χ2v) is 6.14. The summed E-state index contributed by atoms with van der Waals surface area (Å²) in [5.74, 6) is 1.32. The minimum absolute atomic E-state index is 0.179. The summed E-state index contributed by atoms with van der Waals surface area (Å²) in [6.07, 6.45) is 12.4. The Kier molecular flexibility index (Phi) is 7.83. The molecule has 0 bridgehead atoms. The molecule has 0 aromatic rings. The summed E-state index contributed by atoms with van der Waals surface area (Å²) >= 11 is 0. The van der Waals surface area contributed by atoms with Gasteiger partial charge in [0.1, 0.15) is 5.78 Å². The molecule has 0 radical (unpaired) electrons. The van der Waals surface area contributed by atoms with Crippen molar-refractivity contribution in [2.45, 2.75) is 65.4 Å². The van der Waals surface area contributed by atoms with Crippen molar-refractivity contribution in [1.29, 1.82) is 0 Å². The van der Waals surface area contributed by atoms with Crippen molar-refractivity contribution in [2.75, 3.05) is 7.11 Å². The van der Waals surface area contributed by atoms with Crippen LogP contribution in [0, 0.1) is 11.8 Å². The maximum Gasteiger partial charge on any atom is 0.133 e. The average Bonchev–Trinajstić information content (AvgIpc) is 2.43. The van der Waals surface area contributed by atoms with E-state index >= 15 is 0 Å². The summed E-state index contributed by atoms with van der Waals surface area (Å²) in [5, 5.41) is 0. The first kappa shape index (κ1) is 17.2. The number of hydrogen-bond donors (Lipinski definition) is 0. The first-order valence-electron chi connectivity index (χ1n) is 7.93. The van der Waals surface area contributed by atoms with E-state index in [-0.39, 0.29) is 6.10 Å². The number of hydrogen-bond acceptors (Lipinski definition) is 2. The first-order valence-corrected chi connectivity index (χ1v) is 7.93. The molecule has 0 aliphatic heterocycles. The molecule has 1 aliphatic rings. The molecule has 20 heavy (non-hydrogen) atoms. The van der Waals surface area contributed by atoms with Gasteiger partial charge in [0.2, 0.25) is 0 Å². The fraction of sp³-hybridized carbons (Fsp3) is 0.722. The average molecular weight is 278 g/mol. The van der Waals surface area contributed by atoms with Gasteiger partial charge in [0, 0.05) is 20.0 Å². The van der Waals surface area contributed by atoms with E-state index in [2.05, 4.69) is 39.0 Å². The van der Waals surface area contributed by atoms with Crippen molar-refractivity contribution >= 4 is 5.78 Å². The molecule has 1 aliphatic carbocycles. The standard InChI is InChI=1S/C18H30O2/c1-14-11-12-17(19)9-7-5-6-8-10-18(20-4)16(3)15(2)13-14/h8,10,13,15-16,18H,5-7,9,11-12H2,1-4H3/b10-8+,14-13-/t15-,16+,18+/m1/s1. The van der Waals surface area contributed by atoms with Crippen molar-refractivity contribution in [3.8, 4) is 0 Å². The maximum atomic E-state index is 11.8. The molecule has 1 rings (SSSR count). The van der Waals surface area contributed by atoms with Crippen LogP contribution >= 0.6 is 0 Å². The minimum atomic E-state index is 0.179. The van der Waals surface area contributed by atoms with E-state index in [9.17, 15) is 4.79 Å². The van der Waals surface area contributed by atoms with E-state index in [1.54, 1.807) is 7.11 Å². The summed E-state index contributed by atoms with van der Waals surface area (Å²) in [7, 11) is 1.79. The van der Waals surface area contributed by atoms with Crippen molar-refractivity contribution in [3.05, 3.63) is 23.8 Å². The van der Waals surface area contributed by atoms with E-state index in [1.807, 2.05) is 0 Å². The first-order chi connectivity index (χ1) is 9.54. The third-order valence-corrected chi connectivity index (χ3v) is 4.37. The lowest BCUT2D eigenvalue weighted by Crippen LogP contribution is -2.23. The zero-order valence-corrected chi connectivity index (χ0v) is 13.5. The number of ketones is 1. The third kappa shape index (κ3) is 6.04. The molecule has 3 atom stereocenters. The topological polar surface area (TPSA) is 26.3 Å². The second-order valence-electron chi connectivity index (χ2n) is 6.14. The van der Waals surface area contributed by atoms with Crippen LogP contribution in [-0.2, 0) is 9.53 Å². The van der Waals surface area contributed by atoms with Crippen LogP contribution in [0.15, 0.2) is 23.8 Å². The van der Waals surface area contributed by atoms with Gasteiger partial charge in [-0.2, -0.15) is 0 Å². The SMILES string of the molecule is CO[C@H]1/C=C/CCCCC(=O)CC/C(C)=C\[C@@H](C)[C@@H]1C. The summed E-state index contributed by atoms with van der Waals surface area (Å²) in [5.41, 5.74) is 1.33. The number of carbonyl (C=O) groups excluding carboxylic acids is 1.